The van der Waals surface area contributed by atoms with Crippen molar-refractivity contribution in [2.24, 2.45) is 0 Å². The minimum absolute atomic E-state index is 0.0468. The van der Waals surface area contributed by atoms with E-state index in [9.17, 15) is 13.2 Å². The molecule has 0 unspecified atom stereocenters. The molecule has 0 bridgehead atoms. The first-order chi connectivity index (χ1) is 11.0. The summed E-state index contributed by atoms with van der Waals surface area (Å²) in [6.07, 6.45) is 0. The molecule has 0 fully saturated rings. The van der Waals surface area contributed by atoms with Gasteiger partial charge >= 0.3 is 0 Å². The maximum absolute atomic E-state index is 12.2. The Bertz CT molecular complexity index is 968. The molecule has 0 atom stereocenters. The van der Waals surface area contributed by atoms with E-state index in [1.807, 2.05) is 0 Å². The van der Waals surface area contributed by atoms with Crippen LogP contribution in [0.2, 0.25) is 5.02 Å². The molecule has 0 saturated heterocycles. The molecule has 6 nitrogen and oxygen atoms in total. The van der Waals surface area contributed by atoms with Crippen LogP contribution in [0.3, 0.4) is 0 Å². The molecule has 0 aliphatic carbocycles. The van der Waals surface area contributed by atoms with E-state index in [1.165, 1.54) is 24.3 Å². The molecule has 3 rings (SSSR count). The molecule has 1 amide bonds. The highest BCUT2D eigenvalue weighted by Gasteiger charge is 2.20. The molecular formula is C14H10ClN3O3S2. The zero-order chi connectivity index (χ0) is 16.4. The van der Waals surface area contributed by atoms with Crippen LogP contribution in [0.4, 0.5) is 5.69 Å². The lowest BCUT2D eigenvalue weighted by molar-refractivity contribution is -0.113. The quantitative estimate of drug-likeness (QED) is 0.765. The third kappa shape index (κ3) is 3.49. The van der Waals surface area contributed by atoms with Crippen molar-refractivity contribution in [3.05, 3.63) is 47.5 Å². The molecule has 0 spiro atoms. The first-order valence-electron chi connectivity index (χ1n) is 6.45. The van der Waals surface area contributed by atoms with Crippen LogP contribution in [0.25, 0.3) is 11.0 Å². The van der Waals surface area contributed by atoms with Gasteiger partial charge < -0.3 is 5.32 Å². The fourth-order valence-corrected chi connectivity index (χ4v) is 3.80. The van der Waals surface area contributed by atoms with Crippen LogP contribution >= 0.6 is 23.3 Å². The molecule has 0 aliphatic rings. The third-order valence-electron chi connectivity index (χ3n) is 3.05. The van der Waals surface area contributed by atoms with Crippen molar-refractivity contribution in [1.82, 2.24) is 8.75 Å². The molecule has 0 aliphatic heterocycles. The van der Waals surface area contributed by atoms with Gasteiger partial charge in [0.05, 0.1) is 22.3 Å². The molecule has 9 heteroatoms. The number of aromatic nitrogens is 2. The van der Waals surface area contributed by atoms with Crippen LogP contribution in [-0.2, 0) is 14.6 Å². The second-order valence-electron chi connectivity index (χ2n) is 4.70. The van der Waals surface area contributed by atoms with Crippen molar-refractivity contribution in [3.8, 4) is 0 Å². The number of hydrogen-bond acceptors (Lipinski definition) is 6. The average molecular weight is 368 g/mol. The van der Waals surface area contributed by atoms with Gasteiger partial charge in [-0.05, 0) is 36.4 Å². The highest BCUT2D eigenvalue weighted by atomic mass is 35.5. The number of halogens is 1. The van der Waals surface area contributed by atoms with Crippen LogP contribution in [-0.4, -0.2) is 28.8 Å². The fourth-order valence-electron chi connectivity index (χ4n) is 1.99. The normalized spacial score (nSPS) is 11.5. The lowest BCUT2D eigenvalue weighted by atomic mass is 10.2. The van der Waals surface area contributed by atoms with Gasteiger partial charge in [-0.1, -0.05) is 17.7 Å². The van der Waals surface area contributed by atoms with Crippen molar-refractivity contribution in [1.29, 1.82) is 0 Å². The van der Waals surface area contributed by atoms with Gasteiger partial charge in [0.2, 0.25) is 5.91 Å². The summed E-state index contributed by atoms with van der Waals surface area (Å²) in [7, 11) is -3.74. The summed E-state index contributed by atoms with van der Waals surface area (Å²) in [5, 5.41) is 3.00. The Hall–Kier alpha value is -2.03. The Morgan fingerprint density at radius 1 is 1.13 bits per heavy atom. The lowest BCUT2D eigenvalue weighted by Gasteiger charge is -2.07. The van der Waals surface area contributed by atoms with Crippen LogP contribution in [0.1, 0.15) is 0 Å². The van der Waals surface area contributed by atoms with E-state index in [4.69, 9.17) is 11.6 Å². The van der Waals surface area contributed by atoms with E-state index in [2.05, 4.69) is 14.1 Å². The molecule has 1 heterocycles. The van der Waals surface area contributed by atoms with E-state index < -0.39 is 21.5 Å². The summed E-state index contributed by atoms with van der Waals surface area (Å²) in [5.41, 5.74) is 1.62. The van der Waals surface area contributed by atoms with Gasteiger partial charge in [0.15, 0.2) is 9.84 Å². The predicted octanol–water partition coefficient (Wildman–Crippen LogP) is 2.76. The number of sulfone groups is 1. The van der Waals surface area contributed by atoms with Gasteiger partial charge in [-0.2, -0.15) is 8.75 Å². The van der Waals surface area contributed by atoms with Gasteiger partial charge in [0, 0.05) is 5.02 Å². The van der Waals surface area contributed by atoms with Gasteiger partial charge in [-0.3, -0.25) is 4.79 Å². The number of nitrogens with zero attached hydrogens (tertiary/aromatic N) is 2. The Kier molecular flexibility index (Phi) is 4.29. The van der Waals surface area contributed by atoms with E-state index >= 15 is 0 Å². The van der Waals surface area contributed by atoms with Gasteiger partial charge in [0.25, 0.3) is 0 Å². The minimum Gasteiger partial charge on any atom is -0.323 e. The van der Waals surface area contributed by atoms with Crippen molar-refractivity contribution in [3.63, 3.8) is 0 Å². The summed E-state index contributed by atoms with van der Waals surface area (Å²) in [6, 6.07) is 10.8. The molecule has 3 aromatic rings. The largest absolute Gasteiger partial charge is 0.323 e. The number of carbonyl (C=O) groups excluding carboxylic acids is 1. The number of amides is 1. The van der Waals surface area contributed by atoms with Crippen LogP contribution in [0.15, 0.2) is 47.4 Å². The zero-order valence-corrected chi connectivity index (χ0v) is 14.0. The molecule has 1 aromatic heterocycles. The highest BCUT2D eigenvalue weighted by Crippen LogP contribution is 2.21. The Balaban J connectivity index is 1.79. The predicted molar refractivity (Wildman–Crippen MR) is 89.5 cm³/mol. The maximum atomic E-state index is 12.2. The third-order valence-corrected chi connectivity index (χ3v) is 5.48. The minimum atomic E-state index is -3.74. The summed E-state index contributed by atoms with van der Waals surface area (Å²) >= 11 is 6.76. The molecule has 23 heavy (non-hydrogen) atoms. The molecule has 118 valence electrons. The fraction of sp³-hybridized carbons (Fsp3) is 0.0714. The number of anilines is 1. The molecular weight excluding hydrogens is 358 g/mol. The highest BCUT2D eigenvalue weighted by molar-refractivity contribution is 7.92. The topological polar surface area (TPSA) is 89.0 Å². The lowest BCUT2D eigenvalue weighted by Crippen LogP contribution is -2.23. The van der Waals surface area contributed by atoms with E-state index in [-0.39, 0.29) is 4.90 Å². The Labute approximate surface area is 141 Å². The SMILES string of the molecule is O=C(CS(=O)(=O)c1ccc(Cl)cc1)Nc1cccc2nsnc12. The smallest absolute Gasteiger partial charge is 0.240 e. The number of fused-ring (bicyclic) bond motifs is 1. The van der Waals surface area contributed by atoms with Gasteiger partial charge in [-0.25, -0.2) is 8.42 Å². The van der Waals surface area contributed by atoms with Gasteiger partial charge in [-0.15, -0.1) is 0 Å². The van der Waals surface area contributed by atoms with Crippen LogP contribution in [0.5, 0.6) is 0 Å². The second kappa shape index (κ2) is 6.23. The molecule has 0 saturated carbocycles. The monoisotopic (exact) mass is 367 g/mol. The van der Waals surface area contributed by atoms with Crippen LogP contribution in [0, 0.1) is 0 Å². The number of nitrogens with one attached hydrogen (secondary N) is 1. The standard InChI is InChI=1S/C14H10ClN3O3S2/c15-9-4-6-10(7-5-9)23(20,21)8-13(19)16-11-2-1-3-12-14(11)18-22-17-12/h1-7H,8H2,(H,16,19). The van der Waals surface area contributed by atoms with Crippen molar-refractivity contribution >= 4 is 55.8 Å². The van der Waals surface area contributed by atoms with E-state index in [0.717, 1.165) is 11.7 Å². The maximum Gasteiger partial charge on any atom is 0.240 e. The van der Waals surface area contributed by atoms with Crippen LogP contribution < -0.4 is 5.32 Å². The van der Waals surface area contributed by atoms with Gasteiger partial charge in [0.1, 0.15) is 16.8 Å². The number of rotatable bonds is 4. The Morgan fingerprint density at radius 3 is 2.61 bits per heavy atom. The van der Waals surface area contributed by atoms with E-state index in [0.29, 0.717) is 21.7 Å². The summed E-state index contributed by atoms with van der Waals surface area (Å²) in [5.74, 6) is -1.30. The van der Waals surface area contributed by atoms with E-state index in [1.54, 1.807) is 18.2 Å². The van der Waals surface area contributed by atoms with Crippen molar-refractivity contribution < 1.29 is 13.2 Å². The first kappa shape index (κ1) is 15.9. The molecule has 2 aromatic carbocycles. The molecule has 1 N–H and O–H groups in total. The number of carbonyl (C=O) groups is 1. The summed E-state index contributed by atoms with van der Waals surface area (Å²) in [4.78, 5) is 12.1. The summed E-state index contributed by atoms with van der Waals surface area (Å²) < 4.78 is 32.6. The molecule has 0 radical (unpaired) electrons. The van der Waals surface area contributed by atoms with Crippen molar-refractivity contribution in [2.45, 2.75) is 4.90 Å². The first-order valence-corrected chi connectivity index (χ1v) is 9.21. The number of benzene rings is 2. The summed E-state index contributed by atoms with van der Waals surface area (Å²) in [6.45, 7) is 0. The number of hydrogen-bond donors (Lipinski definition) is 1. The average Bonchev–Trinajstić information content (AvgIpc) is 2.96. The second-order valence-corrected chi connectivity index (χ2v) is 7.65. The Morgan fingerprint density at radius 2 is 1.87 bits per heavy atom. The zero-order valence-electron chi connectivity index (χ0n) is 11.6. The van der Waals surface area contributed by atoms with Crippen molar-refractivity contribution in [2.75, 3.05) is 11.1 Å².